The number of fused-ring (bicyclic) bond motifs is 1. The lowest BCUT2D eigenvalue weighted by Crippen LogP contribution is -2.32. The van der Waals surface area contributed by atoms with Gasteiger partial charge in [-0.15, -0.1) is 6.42 Å². The molecule has 0 radical (unpaired) electrons. The molecule has 0 aromatic rings. The largest absolute Gasteiger partial charge is 0.314 e. The molecule has 2 aliphatic heterocycles. The van der Waals surface area contributed by atoms with Crippen molar-refractivity contribution in [1.29, 1.82) is 0 Å². The van der Waals surface area contributed by atoms with E-state index in [0.717, 1.165) is 5.84 Å². The molecule has 54 valence electrons. The van der Waals surface area contributed by atoms with Crippen molar-refractivity contribution in [2.75, 3.05) is 6.54 Å². The molecule has 0 N–H and O–H groups in total. The van der Waals surface area contributed by atoms with Crippen LogP contribution in [0.25, 0.3) is 0 Å². The molecule has 2 rings (SSSR count). The molecule has 2 heterocycles. The van der Waals surface area contributed by atoms with Crippen LogP contribution >= 0.6 is 0 Å². The maximum atomic E-state index is 5.30. The lowest BCUT2D eigenvalue weighted by Gasteiger charge is -2.19. The van der Waals surface area contributed by atoms with E-state index in [4.69, 9.17) is 6.42 Å². The van der Waals surface area contributed by atoms with Crippen LogP contribution in [0.3, 0.4) is 0 Å². The Morgan fingerprint density at radius 3 is 3.45 bits per heavy atom. The van der Waals surface area contributed by atoms with E-state index >= 15 is 0 Å². The Balaban J connectivity index is 2.29. The molecule has 0 aromatic heterocycles. The van der Waals surface area contributed by atoms with Crippen LogP contribution in [0.2, 0.25) is 0 Å². The third-order valence-corrected chi connectivity index (χ3v) is 1.72. The van der Waals surface area contributed by atoms with Crippen molar-refractivity contribution >= 4 is 12.1 Å². The molecule has 11 heavy (non-hydrogen) atoms. The number of hydrogen-bond acceptors (Lipinski definition) is 3. The number of terminal acetylenes is 1. The second-order valence-electron chi connectivity index (χ2n) is 2.36. The molecule has 0 aliphatic carbocycles. The SMILES string of the molecule is C#CC1CN=C2C=NC=CN21. The third kappa shape index (κ3) is 0.838. The van der Waals surface area contributed by atoms with Crippen LogP contribution in [0.15, 0.2) is 22.4 Å². The van der Waals surface area contributed by atoms with E-state index in [9.17, 15) is 0 Å². The van der Waals surface area contributed by atoms with Gasteiger partial charge in [0.1, 0.15) is 11.9 Å². The Labute approximate surface area is 65.1 Å². The zero-order valence-corrected chi connectivity index (χ0v) is 5.94. The van der Waals surface area contributed by atoms with Gasteiger partial charge in [0, 0.05) is 12.4 Å². The summed E-state index contributed by atoms with van der Waals surface area (Å²) in [6.07, 6.45) is 10.6. The van der Waals surface area contributed by atoms with Gasteiger partial charge < -0.3 is 4.90 Å². The van der Waals surface area contributed by atoms with Gasteiger partial charge in [0.15, 0.2) is 0 Å². The van der Waals surface area contributed by atoms with Crippen molar-refractivity contribution < 1.29 is 0 Å². The standard InChI is InChI=1S/C8H7N3/c1-2-7-5-10-8-6-9-3-4-11(7)8/h1,3-4,6-7H,5H2. The molecule has 0 saturated carbocycles. The van der Waals surface area contributed by atoms with E-state index < -0.39 is 0 Å². The highest BCUT2D eigenvalue weighted by Crippen LogP contribution is 2.11. The first-order chi connectivity index (χ1) is 5.42. The first-order valence-electron chi connectivity index (χ1n) is 3.40. The summed E-state index contributed by atoms with van der Waals surface area (Å²) in [7, 11) is 0. The predicted octanol–water partition coefficient (Wildman–Crippen LogP) is 0.258. The van der Waals surface area contributed by atoms with Crippen LogP contribution in [0.5, 0.6) is 0 Å². The Morgan fingerprint density at radius 2 is 2.64 bits per heavy atom. The van der Waals surface area contributed by atoms with Crippen LogP contribution in [0, 0.1) is 12.3 Å². The van der Waals surface area contributed by atoms with E-state index in [0.29, 0.717) is 6.54 Å². The van der Waals surface area contributed by atoms with Crippen LogP contribution in [0.1, 0.15) is 0 Å². The van der Waals surface area contributed by atoms with Gasteiger partial charge in [0.25, 0.3) is 0 Å². The molecule has 0 saturated heterocycles. The molecular weight excluding hydrogens is 138 g/mol. The van der Waals surface area contributed by atoms with E-state index in [-0.39, 0.29) is 6.04 Å². The maximum absolute atomic E-state index is 5.30. The monoisotopic (exact) mass is 145 g/mol. The van der Waals surface area contributed by atoms with Crippen molar-refractivity contribution in [2.45, 2.75) is 6.04 Å². The summed E-state index contributed by atoms with van der Waals surface area (Å²) in [6, 6.07) is 0.0907. The number of hydrogen-bond donors (Lipinski definition) is 0. The lowest BCUT2D eigenvalue weighted by atomic mass is 10.3. The van der Waals surface area contributed by atoms with Gasteiger partial charge in [-0.3, -0.25) is 9.98 Å². The van der Waals surface area contributed by atoms with Crippen molar-refractivity contribution in [2.24, 2.45) is 9.98 Å². The highest BCUT2D eigenvalue weighted by atomic mass is 15.3. The summed E-state index contributed by atoms with van der Waals surface area (Å²) in [5.74, 6) is 3.53. The second kappa shape index (κ2) is 2.24. The highest BCUT2D eigenvalue weighted by Gasteiger charge is 2.23. The Hall–Kier alpha value is -1.56. The zero-order chi connectivity index (χ0) is 7.68. The topological polar surface area (TPSA) is 28.0 Å². The fourth-order valence-corrected chi connectivity index (χ4v) is 1.15. The Bertz CT molecular complexity index is 293. The van der Waals surface area contributed by atoms with E-state index in [1.165, 1.54) is 0 Å². The van der Waals surface area contributed by atoms with Crippen molar-refractivity contribution in [3.8, 4) is 12.3 Å². The Kier molecular flexibility index (Phi) is 1.26. The molecule has 1 unspecified atom stereocenters. The number of rotatable bonds is 0. The molecule has 1 atom stereocenters. The molecule has 0 aromatic carbocycles. The van der Waals surface area contributed by atoms with Crippen LogP contribution in [0.4, 0.5) is 0 Å². The number of aliphatic imine (C=N–C) groups is 2. The molecule has 0 fully saturated rings. The summed E-state index contributed by atoms with van der Waals surface area (Å²) in [6.45, 7) is 0.683. The molecule has 0 spiro atoms. The molecule has 3 nitrogen and oxygen atoms in total. The fourth-order valence-electron chi connectivity index (χ4n) is 1.15. The summed E-state index contributed by atoms with van der Waals surface area (Å²) in [4.78, 5) is 10.1. The van der Waals surface area contributed by atoms with Crippen LogP contribution in [-0.4, -0.2) is 29.5 Å². The summed E-state index contributed by atoms with van der Waals surface area (Å²) in [5, 5.41) is 0. The maximum Gasteiger partial charge on any atom is 0.147 e. The molecule has 0 bridgehead atoms. The van der Waals surface area contributed by atoms with Crippen LogP contribution in [-0.2, 0) is 0 Å². The third-order valence-electron chi connectivity index (χ3n) is 1.72. The van der Waals surface area contributed by atoms with Gasteiger partial charge in [-0.25, -0.2) is 0 Å². The van der Waals surface area contributed by atoms with Crippen molar-refractivity contribution in [3.63, 3.8) is 0 Å². The van der Waals surface area contributed by atoms with Gasteiger partial charge in [-0.1, -0.05) is 5.92 Å². The minimum atomic E-state index is 0.0907. The second-order valence-corrected chi connectivity index (χ2v) is 2.36. The minimum absolute atomic E-state index is 0.0907. The minimum Gasteiger partial charge on any atom is -0.314 e. The molecule has 3 heteroatoms. The highest BCUT2D eigenvalue weighted by molar-refractivity contribution is 6.31. The lowest BCUT2D eigenvalue weighted by molar-refractivity contribution is 0.530. The van der Waals surface area contributed by atoms with Gasteiger partial charge in [0.05, 0.1) is 12.8 Å². The summed E-state index contributed by atoms with van der Waals surface area (Å²) in [5.41, 5.74) is 0. The van der Waals surface area contributed by atoms with Gasteiger partial charge >= 0.3 is 0 Å². The Morgan fingerprint density at radius 1 is 1.73 bits per heavy atom. The fraction of sp³-hybridized carbons (Fsp3) is 0.250. The summed E-state index contributed by atoms with van der Waals surface area (Å²) >= 11 is 0. The zero-order valence-electron chi connectivity index (χ0n) is 5.94. The summed E-state index contributed by atoms with van der Waals surface area (Å²) < 4.78 is 0. The first kappa shape index (κ1) is 6.17. The molecule has 2 aliphatic rings. The van der Waals surface area contributed by atoms with Crippen LogP contribution < -0.4 is 0 Å². The van der Waals surface area contributed by atoms with Gasteiger partial charge in [-0.05, 0) is 0 Å². The average molecular weight is 145 g/mol. The normalized spacial score (nSPS) is 26.3. The van der Waals surface area contributed by atoms with Crippen molar-refractivity contribution in [3.05, 3.63) is 12.4 Å². The quantitative estimate of drug-likeness (QED) is 0.449. The predicted molar refractivity (Wildman–Crippen MR) is 44.4 cm³/mol. The molecular formula is C8H7N3. The van der Waals surface area contributed by atoms with Crippen molar-refractivity contribution in [1.82, 2.24) is 4.90 Å². The van der Waals surface area contributed by atoms with E-state index in [2.05, 4.69) is 15.9 Å². The van der Waals surface area contributed by atoms with E-state index in [1.807, 2.05) is 11.1 Å². The molecule has 0 amide bonds. The first-order valence-corrected chi connectivity index (χ1v) is 3.40. The average Bonchev–Trinajstić information content (AvgIpc) is 2.47. The number of nitrogens with zero attached hydrogens (tertiary/aromatic N) is 3. The van der Waals surface area contributed by atoms with E-state index in [1.54, 1.807) is 12.4 Å². The number of amidine groups is 1. The van der Waals surface area contributed by atoms with Gasteiger partial charge in [0.2, 0.25) is 0 Å². The van der Waals surface area contributed by atoms with Gasteiger partial charge in [-0.2, -0.15) is 0 Å². The smallest absolute Gasteiger partial charge is 0.147 e.